The Morgan fingerprint density at radius 2 is 2.38 bits per heavy atom. The highest BCUT2D eigenvalue weighted by Gasteiger charge is 2.27. The maximum absolute atomic E-state index is 11.6. The van der Waals surface area contributed by atoms with E-state index >= 15 is 0 Å². The van der Waals surface area contributed by atoms with Crippen molar-refractivity contribution in [3.05, 3.63) is 21.9 Å². The van der Waals surface area contributed by atoms with Crippen LogP contribution in [-0.4, -0.2) is 23.3 Å². The summed E-state index contributed by atoms with van der Waals surface area (Å²) in [5.41, 5.74) is 0.700. The van der Waals surface area contributed by atoms with Crippen LogP contribution in [0.2, 0.25) is 0 Å². The average Bonchev–Trinajstić information content (AvgIpc) is 2.52. The Labute approximate surface area is 80.0 Å². The molecule has 4 heteroatoms. The van der Waals surface area contributed by atoms with E-state index in [-0.39, 0.29) is 11.8 Å². The lowest BCUT2D eigenvalue weighted by Gasteiger charge is -2.23. The zero-order chi connectivity index (χ0) is 9.42. The first-order valence-corrected chi connectivity index (χ1v) is 4.97. The first-order chi connectivity index (χ1) is 6.20. The Hall–Kier alpha value is -1.16. The predicted octanol–water partition coefficient (Wildman–Crippen LogP) is 1.29. The molecule has 1 aromatic rings. The molecule has 0 spiro atoms. The van der Waals surface area contributed by atoms with Crippen molar-refractivity contribution in [2.24, 2.45) is 0 Å². The molecule has 1 aromatic heterocycles. The molecule has 2 amide bonds. The standard InChI is InChI=1S/C9H9NO2S/c1-6(11)10-4-2-8-7(9(10)12)3-5-13-8/h3,5H,2,4H2,1H3. The van der Waals surface area contributed by atoms with E-state index in [4.69, 9.17) is 0 Å². The maximum Gasteiger partial charge on any atom is 0.261 e. The number of thiophene rings is 1. The van der Waals surface area contributed by atoms with Crippen molar-refractivity contribution < 1.29 is 9.59 Å². The summed E-state index contributed by atoms with van der Waals surface area (Å²) in [7, 11) is 0. The van der Waals surface area contributed by atoms with Crippen LogP contribution in [0.1, 0.15) is 22.2 Å². The van der Waals surface area contributed by atoms with Crippen LogP contribution in [0.5, 0.6) is 0 Å². The Bertz CT molecular complexity index is 369. The lowest BCUT2D eigenvalue weighted by atomic mass is 10.1. The third-order valence-corrected chi connectivity index (χ3v) is 3.14. The van der Waals surface area contributed by atoms with Crippen LogP contribution >= 0.6 is 11.3 Å². The van der Waals surface area contributed by atoms with Gasteiger partial charge in [-0.15, -0.1) is 11.3 Å². The van der Waals surface area contributed by atoms with E-state index in [2.05, 4.69) is 0 Å². The molecule has 0 radical (unpaired) electrons. The monoisotopic (exact) mass is 195 g/mol. The fourth-order valence-electron chi connectivity index (χ4n) is 1.49. The second kappa shape index (κ2) is 2.96. The summed E-state index contributed by atoms with van der Waals surface area (Å²) in [6, 6.07) is 1.79. The van der Waals surface area contributed by atoms with Gasteiger partial charge in [-0.3, -0.25) is 14.5 Å². The molecule has 0 atom stereocenters. The molecule has 13 heavy (non-hydrogen) atoms. The van der Waals surface area contributed by atoms with E-state index in [1.165, 1.54) is 11.8 Å². The van der Waals surface area contributed by atoms with Gasteiger partial charge < -0.3 is 0 Å². The van der Waals surface area contributed by atoms with Crippen molar-refractivity contribution in [3.8, 4) is 0 Å². The number of amides is 2. The zero-order valence-electron chi connectivity index (χ0n) is 7.24. The highest BCUT2D eigenvalue weighted by atomic mass is 32.1. The highest BCUT2D eigenvalue weighted by molar-refractivity contribution is 7.10. The van der Waals surface area contributed by atoms with Gasteiger partial charge in [0.2, 0.25) is 5.91 Å². The van der Waals surface area contributed by atoms with E-state index in [0.717, 1.165) is 11.3 Å². The van der Waals surface area contributed by atoms with Gasteiger partial charge in [-0.1, -0.05) is 0 Å². The van der Waals surface area contributed by atoms with Gasteiger partial charge in [0, 0.05) is 24.8 Å². The van der Waals surface area contributed by atoms with Crippen molar-refractivity contribution in [1.29, 1.82) is 0 Å². The number of imide groups is 1. The molecule has 1 aliphatic heterocycles. The van der Waals surface area contributed by atoms with Crippen molar-refractivity contribution in [3.63, 3.8) is 0 Å². The molecule has 2 rings (SSSR count). The highest BCUT2D eigenvalue weighted by Crippen LogP contribution is 2.23. The summed E-state index contributed by atoms with van der Waals surface area (Å²) in [5.74, 6) is -0.308. The van der Waals surface area contributed by atoms with Gasteiger partial charge in [0.1, 0.15) is 0 Å². The van der Waals surface area contributed by atoms with Crippen molar-refractivity contribution in [2.75, 3.05) is 6.54 Å². The van der Waals surface area contributed by atoms with Crippen LogP contribution in [0, 0.1) is 0 Å². The minimum Gasteiger partial charge on any atom is -0.278 e. The average molecular weight is 195 g/mol. The molecule has 1 aliphatic rings. The zero-order valence-corrected chi connectivity index (χ0v) is 8.06. The van der Waals surface area contributed by atoms with Crippen molar-refractivity contribution in [2.45, 2.75) is 13.3 Å². The van der Waals surface area contributed by atoms with E-state index in [0.29, 0.717) is 12.1 Å². The molecule has 0 N–H and O–H groups in total. The van der Waals surface area contributed by atoms with E-state index in [9.17, 15) is 9.59 Å². The Balaban J connectivity index is 2.38. The first-order valence-electron chi connectivity index (χ1n) is 4.09. The van der Waals surface area contributed by atoms with Crippen LogP contribution in [0.25, 0.3) is 0 Å². The van der Waals surface area contributed by atoms with E-state index < -0.39 is 0 Å². The van der Waals surface area contributed by atoms with Gasteiger partial charge in [0.05, 0.1) is 5.56 Å². The molecular formula is C9H9NO2S. The number of carbonyl (C=O) groups excluding carboxylic acids is 2. The second-order valence-electron chi connectivity index (χ2n) is 2.98. The van der Waals surface area contributed by atoms with Crippen LogP contribution in [0.15, 0.2) is 11.4 Å². The lowest BCUT2D eigenvalue weighted by Crippen LogP contribution is -2.39. The maximum atomic E-state index is 11.6. The van der Waals surface area contributed by atoms with Gasteiger partial charge in [-0.2, -0.15) is 0 Å². The number of nitrogens with zero attached hydrogens (tertiary/aromatic N) is 1. The molecule has 0 saturated carbocycles. The summed E-state index contributed by atoms with van der Waals surface area (Å²) in [5, 5.41) is 1.90. The van der Waals surface area contributed by atoms with Crippen LogP contribution in [0.3, 0.4) is 0 Å². The van der Waals surface area contributed by atoms with E-state index in [1.807, 2.05) is 5.38 Å². The summed E-state index contributed by atoms with van der Waals surface area (Å²) in [4.78, 5) is 25.1. The second-order valence-corrected chi connectivity index (χ2v) is 3.98. The third-order valence-electron chi connectivity index (χ3n) is 2.16. The number of hydrogen-bond donors (Lipinski definition) is 0. The molecule has 0 fully saturated rings. The fraction of sp³-hybridized carbons (Fsp3) is 0.333. The number of carbonyl (C=O) groups is 2. The number of fused-ring (bicyclic) bond motifs is 1. The predicted molar refractivity (Wildman–Crippen MR) is 49.7 cm³/mol. The van der Waals surface area contributed by atoms with Crippen molar-refractivity contribution in [1.82, 2.24) is 4.90 Å². The molecule has 3 nitrogen and oxygen atoms in total. The minimum absolute atomic E-state index is 0.144. The molecule has 68 valence electrons. The Morgan fingerprint density at radius 3 is 3.08 bits per heavy atom. The van der Waals surface area contributed by atoms with Gasteiger partial charge in [-0.25, -0.2) is 0 Å². The lowest BCUT2D eigenvalue weighted by molar-refractivity contribution is -0.126. The van der Waals surface area contributed by atoms with Gasteiger partial charge in [-0.05, 0) is 11.4 Å². The normalized spacial score (nSPS) is 15.8. The first kappa shape index (κ1) is 8.44. The van der Waals surface area contributed by atoms with Gasteiger partial charge in [0.15, 0.2) is 0 Å². The quantitative estimate of drug-likeness (QED) is 0.625. The molecule has 2 heterocycles. The molecule has 0 aromatic carbocycles. The van der Waals surface area contributed by atoms with Crippen LogP contribution in [-0.2, 0) is 11.2 Å². The topological polar surface area (TPSA) is 37.4 Å². The van der Waals surface area contributed by atoms with Crippen LogP contribution in [0.4, 0.5) is 0 Å². The summed E-state index contributed by atoms with van der Waals surface area (Å²) < 4.78 is 0. The molecular weight excluding hydrogens is 186 g/mol. The fourth-order valence-corrected chi connectivity index (χ4v) is 2.35. The molecule has 0 bridgehead atoms. The summed E-state index contributed by atoms with van der Waals surface area (Å²) in [6.07, 6.45) is 0.804. The van der Waals surface area contributed by atoms with Gasteiger partial charge >= 0.3 is 0 Å². The molecule has 0 saturated heterocycles. The van der Waals surface area contributed by atoms with Gasteiger partial charge in [0.25, 0.3) is 5.91 Å². The molecule has 0 unspecified atom stereocenters. The number of hydrogen-bond acceptors (Lipinski definition) is 3. The summed E-state index contributed by atoms with van der Waals surface area (Å²) in [6.45, 7) is 1.96. The minimum atomic E-state index is -0.165. The smallest absolute Gasteiger partial charge is 0.261 e. The third kappa shape index (κ3) is 1.27. The number of rotatable bonds is 0. The largest absolute Gasteiger partial charge is 0.278 e. The van der Waals surface area contributed by atoms with E-state index in [1.54, 1.807) is 17.4 Å². The van der Waals surface area contributed by atoms with Crippen molar-refractivity contribution >= 4 is 23.2 Å². The SMILES string of the molecule is CC(=O)N1CCc2sccc2C1=O. The Kier molecular flexibility index (Phi) is 1.92. The Morgan fingerprint density at radius 1 is 1.62 bits per heavy atom. The summed E-state index contributed by atoms with van der Waals surface area (Å²) >= 11 is 1.58. The van der Waals surface area contributed by atoms with Crippen LogP contribution < -0.4 is 0 Å². The molecule has 0 aliphatic carbocycles.